The molecule has 128 valence electrons. The lowest BCUT2D eigenvalue weighted by Gasteiger charge is -2.07. The lowest BCUT2D eigenvalue weighted by atomic mass is 10.1. The highest BCUT2D eigenvalue weighted by atomic mass is 32.2. The maximum Gasteiger partial charge on any atom is 0.267 e. The summed E-state index contributed by atoms with van der Waals surface area (Å²) in [7, 11) is -3.23. The molecule has 5 nitrogen and oxygen atoms in total. The normalized spacial score (nSPS) is 11.4. The van der Waals surface area contributed by atoms with Crippen molar-refractivity contribution >= 4 is 9.84 Å². The van der Waals surface area contributed by atoms with E-state index >= 15 is 0 Å². The van der Waals surface area contributed by atoms with E-state index in [9.17, 15) is 13.2 Å². The Morgan fingerprint density at radius 2 is 1.64 bits per heavy atom. The van der Waals surface area contributed by atoms with Crippen LogP contribution >= 0.6 is 0 Å². The van der Waals surface area contributed by atoms with Crippen molar-refractivity contribution in [3.63, 3.8) is 0 Å². The molecule has 0 atom stereocenters. The van der Waals surface area contributed by atoms with Crippen molar-refractivity contribution < 1.29 is 8.42 Å². The van der Waals surface area contributed by atoms with E-state index in [0.29, 0.717) is 12.1 Å². The van der Waals surface area contributed by atoms with Gasteiger partial charge in [0.25, 0.3) is 5.56 Å². The molecule has 3 rings (SSSR count). The van der Waals surface area contributed by atoms with Crippen LogP contribution in [0.4, 0.5) is 0 Å². The standard InChI is InChI=1S/C19H18N2O3S/c1-25(23,24)18-9-7-16(8-10-18)17-13-19(22)21(20-14-17)12-11-15-5-3-2-4-6-15/h2-10,13-14H,11-12H2,1H3. The fraction of sp³-hybridized carbons (Fsp3) is 0.158. The number of hydrogen-bond acceptors (Lipinski definition) is 4. The van der Waals surface area contributed by atoms with Crippen LogP contribution in [0.3, 0.4) is 0 Å². The third kappa shape index (κ3) is 4.22. The second-order valence-electron chi connectivity index (χ2n) is 5.84. The Morgan fingerprint density at radius 1 is 0.960 bits per heavy atom. The smallest absolute Gasteiger partial charge is 0.267 e. The monoisotopic (exact) mass is 354 g/mol. The molecule has 1 heterocycles. The first kappa shape index (κ1) is 17.1. The number of sulfone groups is 1. The van der Waals surface area contributed by atoms with Crippen LogP contribution in [0.2, 0.25) is 0 Å². The quantitative estimate of drug-likeness (QED) is 0.706. The largest absolute Gasteiger partial charge is 0.268 e. The van der Waals surface area contributed by atoms with Crippen molar-refractivity contribution in [3.8, 4) is 11.1 Å². The van der Waals surface area contributed by atoms with Gasteiger partial charge in [0.2, 0.25) is 0 Å². The van der Waals surface area contributed by atoms with E-state index in [1.54, 1.807) is 18.3 Å². The van der Waals surface area contributed by atoms with Crippen molar-refractivity contribution in [1.82, 2.24) is 9.78 Å². The highest BCUT2D eigenvalue weighted by Gasteiger charge is 2.08. The van der Waals surface area contributed by atoms with Crippen LogP contribution < -0.4 is 5.56 Å². The predicted molar refractivity (Wildman–Crippen MR) is 97.2 cm³/mol. The van der Waals surface area contributed by atoms with E-state index in [0.717, 1.165) is 23.8 Å². The Hall–Kier alpha value is -2.73. The second-order valence-corrected chi connectivity index (χ2v) is 7.85. The minimum absolute atomic E-state index is 0.180. The molecule has 0 saturated carbocycles. The van der Waals surface area contributed by atoms with E-state index in [-0.39, 0.29) is 10.5 Å². The molecule has 2 aromatic carbocycles. The van der Waals surface area contributed by atoms with Gasteiger partial charge in [-0.3, -0.25) is 4.79 Å². The van der Waals surface area contributed by atoms with E-state index in [4.69, 9.17) is 0 Å². The molecule has 0 fully saturated rings. The Labute approximate surface area is 146 Å². The summed E-state index contributed by atoms with van der Waals surface area (Å²) >= 11 is 0. The first-order chi connectivity index (χ1) is 11.9. The van der Waals surface area contributed by atoms with E-state index in [1.165, 1.54) is 22.9 Å². The van der Waals surface area contributed by atoms with Crippen LogP contribution in [0, 0.1) is 0 Å². The van der Waals surface area contributed by atoms with Gasteiger partial charge < -0.3 is 0 Å². The molecular formula is C19H18N2O3S. The van der Waals surface area contributed by atoms with Crippen LogP contribution in [0.5, 0.6) is 0 Å². The molecule has 0 aliphatic rings. The molecule has 0 radical (unpaired) electrons. The fourth-order valence-electron chi connectivity index (χ4n) is 2.53. The molecule has 0 spiro atoms. The van der Waals surface area contributed by atoms with Gasteiger partial charge in [0.1, 0.15) is 0 Å². The zero-order chi connectivity index (χ0) is 17.9. The Morgan fingerprint density at radius 3 is 2.24 bits per heavy atom. The van der Waals surface area contributed by atoms with E-state index < -0.39 is 9.84 Å². The summed E-state index contributed by atoms with van der Waals surface area (Å²) in [4.78, 5) is 12.5. The molecule has 1 aromatic heterocycles. The molecule has 25 heavy (non-hydrogen) atoms. The summed E-state index contributed by atoms with van der Waals surface area (Å²) < 4.78 is 24.4. The van der Waals surface area contributed by atoms with Crippen molar-refractivity contribution in [2.24, 2.45) is 0 Å². The summed E-state index contributed by atoms with van der Waals surface area (Å²) in [5, 5.41) is 4.23. The van der Waals surface area contributed by atoms with Gasteiger partial charge in [-0.1, -0.05) is 42.5 Å². The van der Waals surface area contributed by atoms with Gasteiger partial charge in [0.05, 0.1) is 11.1 Å². The van der Waals surface area contributed by atoms with E-state index in [2.05, 4.69) is 5.10 Å². The van der Waals surface area contributed by atoms with Crippen molar-refractivity contribution in [3.05, 3.63) is 82.8 Å². The summed E-state index contributed by atoms with van der Waals surface area (Å²) in [6.07, 6.45) is 3.52. The summed E-state index contributed by atoms with van der Waals surface area (Å²) in [6.45, 7) is 0.510. The van der Waals surface area contributed by atoms with Crippen LogP contribution in [0.15, 0.2) is 76.6 Å². The van der Waals surface area contributed by atoms with Crippen LogP contribution in [0.25, 0.3) is 11.1 Å². The van der Waals surface area contributed by atoms with Gasteiger partial charge in [-0.15, -0.1) is 0 Å². The average molecular weight is 354 g/mol. The molecule has 0 aliphatic carbocycles. The molecule has 6 heteroatoms. The minimum atomic E-state index is -3.23. The SMILES string of the molecule is CS(=O)(=O)c1ccc(-c2cnn(CCc3ccccc3)c(=O)c2)cc1. The number of hydrogen-bond donors (Lipinski definition) is 0. The van der Waals surface area contributed by atoms with Gasteiger partial charge >= 0.3 is 0 Å². The second kappa shape index (κ2) is 7.03. The van der Waals surface area contributed by atoms with Gasteiger partial charge in [0, 0.05) is 24.4 Å². The highest BCUT2D eigenvalue weighted by Crippen LogP contribution is 2.19. The number of benzene rings is 2. The number of nitrogens with zero attached hydrogens (tertiary/aromatic N) is 2. The third-order valence-electron chi connectivity index (χ3n) is 3.94. The van der Waals surface area contributed by atoms with Gasteiger partial charge in [-0.25, -0.2) is 13.1 Å². The summed E-state index contributed by atoms with van der Waals surface area (Å²) in [5.74, 6) is 0. The predicted octanol–water partition coefficient (Wildman–Crippen LogP) is 2.56. The lowest BCUT2D eigenvalue weighted by Crippen LogP contribution is -2.23. The molecule has 0 N–H and O–H groups in total. The first-order valence-corrected chi connectivity index (χ1v) is 9.74. The number of rotatable bonds is 5. The van der Waals surface area contributed by atoms with Crippen molar-refractivity contribution in [2.45, 2.75) is 17.9 Å². The van der Waals surface area contributed by atoms with E-state index in [1.807, 2.05) is 30.3 Å². The van der Waals surface area contributed by atoms with Gasteiger partial charge in [-0.2, -0.15) is 5.10 Å². The Kier molecular flexibility index (Phi) is 4.81. The molecule has 0 amide bonds. The minimum Gasteiger partial charge on any atom is -0.268 e. The van der Waals surface area contributed by atoms with Crippen LogP contribution in [-0.2, 0) is 22.8 Å². The summed E-state index contributed by atoms with van der Waals surface area (Å²) in [5.41, 5.74) is 2.39. The first-order valence-electron chi connectivity index (χ1n) is 7.85. The number of aryl methyl sites for hydroxylation is 2. The molecule has 0 saturated heterocycles. The molecular weight excluding hydrogens is 336 g/mol. The average Bonchev–Trinajstić information content (AvgIpc) is 2.61. The van der Waals surface area contributed by atoms with Gasteiger partial charge in [0.15, 0.2) is 9.84 Å². The fourth-order valence-corrected chi connectivity index (χ4v) is 3.16. The van der Waals surface area contributed by atoms with Crippen LogP contribution in [-0.4, -0.2) is 24.5 Å². The highest BCUT2D eigenvalue weighted by molar-refractivity contribution is 7.90. The van der Waals surface area contributed by atoms with Crippen molar-refractivity contribution in [2.75, 3.05) is 6.26 Å². The maximum atomic E-state index is 12.3. The third-order valence-corrected chi connectivity index (χ3v) is 5.07. The Bertz CT molecular complexity index is 1020. The Balaban J connectivity index is 1.79. The topological polar surface area (TPSA) is 69.0 Å². The molecule has 3 aromatic rings. The zero-order valence-corrected chi connectivity index (χ0v) is 14.6. The zero-order valence-electron chi connectivity index (χ0n) is 13.8. The number of aromatic nitrogens is 2. The lowest BCUT2D eigenvalue weighted by molar-refractivity contribution is 0.578. The summed E-state index contributed by atoms with van der Waals surface area (Å²) in [6, 6.07) is 17.9. The molecule has 0 bridgehead atoms. The van der Waals surface area contributed by atoms with Gasteiger partial charge in [-0.05, 0) is 29.7 Å². The van der Waals surface area contributed by atoms with Crippen molar-refractivity contribution in [1.29, 1.82) is 0 Å². The van der Waals surface area contributed by atoms with Crippen LogP contribution in [0.1, 0.15) is 5.56 Å². The maximum absolute atomic E-state index is 12.3. The molecule has 0 unspecified atom stereocenters. The molecule has 0 aliphatic heterocycles.